The fraction of sp³-hybridized carbons (Fsp3) is 0.310. The van der Waals surface area contributed by atoms with Crippen molar-refractivity contribution >= 4 is 6.03 Å². The molecule has 4 aromatic rings. The Kier molecular flexibility index (Phi) is 5.83. The van der Waals surface area contributed by atoms with Crippen molar-refractivity contribution in [2.75, 3.05) is 0 Å². The number of urea groups is 1. The SMILES string of the molecule is CCc1nn(-c2ccccc2)c2c1CN(C(=O)NC1CCCC1)C(c1ccc(F)cc1)c1cccn1-2. The van der Waals surface area contributed by atoms with Crippen molar-refractivity contribution < 1.29 is 9.18 Å². The van der Waals surface area contributed by atoms with E-state index in [1.807, 2.05) is 58.2 Å². The predicted octanol–water partition coefficient (Wildman–Crippen LogP) is 5.92. The molecule has 1 unspecified atom stereocenters. The Balaban J connectivity index is 1.54. The van der Waals surface area contributed by atoms with Crippen molar-refractivity contribution in [1.82, 2.24) is 24.6 Å². The van der Waals surface area contributed by atoms with Crippen LogP contribution < -0.4 is 5.32 Å². The number of rotatable bonds is 4. The molecule has 2 aliphatic rings. The summed E-state index contributed by atoms with van der Waals surface area (Å²) in [5.41, 5.74) is 4.79. The Hall–Kier alpha value is -3.87. The Bertz CT molecular complexity index is 1370. The third kappa shape index (κ3) is 3.88. The second-order valence-corrected chi connectivity index (χ2v) is 9.67. The number of nitrogens with zero attached hydrogens (tertiary/aromatic N) is 4. The maximum Gasteiger partial charge on any atom is 0.318 e. The number of benzene rings is 2. The largest absolute Gasteiger partial charge is 0.335 e. The van der Waals surface area contributed by atoms with Crippen LogP contribution in [0.15, 0.2) is 72.9 Å². The van der Waals surface area contributed by atoms with Gasteiger partial charge in [0.05, 0.1) is 29.7 Å². The number of amides is 2. The summed E-state index contributed by atoms with van der Waals surface area (Å²) >= 11 is 0. The van der Waals surface area contributed by atoms with Gasteiger partial charge in [-0.2, -0.15) is 5.10 Å². The van der Waals surface area contributed by atoms with E-state index in [0.717, 1.165) is 66.1 Å². The van der Waals surface area contributed by atoms with Gasteiger partial charge in [0, 0.05) is 17.8 Å². The Labute approximate surface area is 210 Å². The number of hydrogen-bond donors (Lipinski definition) is 1. The molecule has 1 aliphatic heterocycles. The van der Waals surface area contributed by atoms with Crippen LogP contribution in [0.2, 0.25) is 0 Å². The summed E-state index contributed by atoms with van der Waals surface area (Å²) in [4.78, 5) is 15.8. The van der Waals surface area contributed by atoms with Gasteiger partial charge in [0.15, 0.2) is 0 Å². The molecule has 1 fully saturated rings. The predicted molar refractivity (Wildman–Crippen MR) is 137 cm³/mol. The van der Waals surface area contributed by atoms with Crippen LogP contribution in [0.5, 0.6) is 0 Å². The standard InChI is InChI=1S/C29H30FN5O/c1-2-25-24-19-34(29(36)31-22-9-6-7-10-22)27(20-14-16-21(30)17-15-20)26-13-8-18-33(26)28(24)35(32-25)23-11-4-3-5-12-23/h3-5,8,11-18,22,27H,2,6-7,9-10,19H2,1H3,(H,31,36). The quantitative estimate of drug-likeness (QED) is 0.392. The van der Waals surface area contributed by atoms with Gasteiger partial charge >= 0.3 is 6.03 Å². The monoisotopic (exact) mass is 483 g/mol. The highest BCUT2D eigenvalue weighted by Crippen LogP contribution is 2.39. The van der Waals surface area contributed by atoms with Crippen LogP contribution in [0.4, 0.5) is 9.18 Å². The molecule has 2 amide bonds. The van der Waals surface area contributed by atoms with E-state index in [0.29, 0.717) is 6.54 Å². The maximum atomic E-state index is 13.9. The zero-order valence-corrected chi connectivity index (χ0v) is 20.4. The van der Waals surface area contributed by atoms with Gasteiger partial charge in [0.25, 0.3) is 0 Å². The molecule has 2 aromatic carbocycles. The third-order valence-electron chi connectivity index (χ3n) is 7.43. The highest BCUT2D eigenvalue weighted by Gasteiger charge is 2.37. The normalized spacial score (nSPS) is 17.5. The van der Waals surface area contributed by atoms with Gasteiger partial charge < -0.3 is 14.8 Å². The van der Waals surface area contributed by atoms with Crippen LogP contribution in [0.1, 0.15) is 61.2 Å². The molecule has 0 radical (unpaired) electrons. The number of aryl methyl sites for hydroxylation is 1. The summed E-state index contributed by atoms with van der Waals surface area (Å²) in [7, 11) is 0. The Morgan fingerprint density at radius 1 is 1.03 bits per heavy atom. The molecule has 1 atom stereocenters. The molecule has 0 saturated heterocycles. The van der Waals surface area contributed by atoms with E-state index in [9.17, 15) is 9.18 Å². The van der Waals surface area contributed by atoms with Gasteiger partial charge in [-0.05, 0) is 61.2 Å². The Morgan fingerprint density at radius 3 is 2.50 bits per heavy atom. The number of carbonyl (C=O) groups excluding carboxylic acids is 1. The van der Waals surface area contributed by atoms with E-state index in [1.165, 1.54) is 12.1 Å². The molecular weight excluding hydrogens is 453 g/mol. The second kappa shape index (κ2) is 9.30. The summed E-state index contributed by atoms with van der Waals surface area (Å²) in [5, 5.41) is 8.29. The van der Waals surface area contributed by atoms with Crippen molar-refractivity contribution in [3.63, 3.8) is 0 Å². The zero-order valence-electron chi connectivity index (χ0n) is 20.4. The average Bonchev–Trinajstić information content (AvgIpc) is 3.64. The lowest BCUT2D eigenvalue weighted by Crippen LogP contribution is -2.45. The first-order valence-electron chi connectivity index (χ1n) is 12.8. The summed E-state index contributed by atoms with van der Waals surface area (Å²) < 4.78 is 18.0. The lowest BCUT2D eigenvalue weighted by Gasteiger charge is -2.32. The van der Waals surface area contributed by atoms with Crippen molar-refractivity contribution in [3.05, 3.63) is 101 Å². The minimum Gasteiger partial charge on any atom is -0.335 e. The highest BCUT2D eigenvalue weighted by molar-refractivity contribution is 5.76. The fourth-order valence-electron chi connectivity index (χ4n) is 5.67. The molecule has 36 heavy (non-hydrogen) atoms. The lowest BCUT2D eigenvalue weighted by atomic mass is 10.0. The van der Waals surface area contributed by atoms with E-state index >= 15 is 0 Å². The first kappa shape index (κ1) is 22.6. The van der Waals surface area contributed by atoms with Crippen molar-refractivity contribution in [1.29, 1.82) is 0 Å². The Morgan fingerprint density at radius 2 is 1.78 bits per heavy atom. The highest BCUT2D eigenvalue weighted by atomic mass is 19.1. The molecule has 1 aliphatic carbocycles. The summed E-state index contributed by atoms with van der Waals surface area (Å²) in [5.74, 6) is 0.655. The van der Waals surface area contributed by atoms with Crippen LogP contribution in [-0.2, 0) is 13.0 Å². The number of halogens is 1. The first-order chi connectivity index (χ1) is 17.6. The average molecular weight is 484 g/mol. The number of carbonyl (C=O) groups is 1. The van der Waals surface area contributed by atoms with Crippen LogP contribution in [0, 0.1) is 5.82 Å². The minimum atomic E-state index is -0.372. The number of para-hydroxylation sites is 1. The molecule has 6 rings (SSSR count). The smallest absolute Gasteiger partial charge is 0.318 e. The van der Waals surface area contributed by atoms with E-state index in [1.54, 1.807) is 12.1 Å². The second-order valence-electron chi connectivity index (χ2n) is 9.67. The van der Waals surface area contributed by atoms with Gasteiger partial charge in [0.2, 0.25) is 0 Å². The van der Waals surface area contributed by atoms with E-state index in [2.05, 4.69) is 16.8 Å². The molecule has 1 saturated carbocycles. The van der Waals surface area contributed by atoms with Crippen LogP contribution >= 0.6 is 0 Å². The first-order valence-corrected chi connectivity index (χ1v) is 12.8. The molecule has 0 bridgehead atoms. The molecular formula is C29H30FN5O. The summed E-state index contributed by atoms with van der Waals surface area (Å²) in [6, 6.07) is 20.4. The summed E-state index contributed by atoms with van der Waals surface area (Å²) in [6.07, 6.45) is 7.08. The molecule has 0 spiro atoms. The maximum absolute atomic E-state index is 13.9. The minimum absolute atomic E-state index is 0.0914. The van der Waals surface area contributed by atoms with Crippen LogP contribution in [0.25, 0.3) is 11.5 Å². The van der Waals surface area contributed by atoms with E-state index < -0.39 is 0 Å². The molecule has 3 heterocycles. The van der Waals surface area contributed by atoms with Crippen LogP contribution in [-0.4, -0.2) is 31.3 Å². The fourth-order valence-corrected chi connectivity index (χ4v) is 5.67. The summed E-state index contributed by atoms with van der Waals surface area (Å²) in [6.45, 7) is 2.51. The number of nitrogens with one attached hydrogen (secondary N) is 1. The zero-order chi connectivity index (χ0) is 24.6. The van der Waals surface area contributed by atoms with Crippen molar-refractivity contribution in [2.24, 2.45) is 0 Å². The topological polar surface area (TPSA) is 55.1 Å². The van der Waals surface area contributed by atoms with E-state index in [4.69, 9.17) is 5.10 Å². The van der Waals surface area contributed by atoms with Gasteiger partial charge in [-0.25, -0.2) is 13.9 Å². The molecule has 2 aromatic heterocycles. The van der Waals surface area contributed by atoms with Crippen LogP contribution in [0.3, 0.4) is 0 Å². The van der Waals surface area contributed by atoms with Gasteiger partial charge in [0.1, 0.15) is 11.6 Å². The van der Waals surface area contributed by atoms with Gasteiger partial charge in [-0.1, -0.05) is 50.1 Å². The lowest BCUT2D eigenvalue weighted by molar-refractivity contribution is 0.176. The third-order valence-corrected chi connectivity index (χ3v) is 7.43. The van der Waals surface area contributed by atoms with Gasteiger partial charge in [-0.3, -0.25) is 0 Å². The van der Waals surface area contributed by atoms with E-state index in [-0.39, 0.29) is 23.9 Å². The number of hydrogen-bond acceptors (Lipinski definition) is 2. The molecule has 6 nitrogen and oxygen atoms in total. The van der Waals surface area contributed by atoms with Crippen molar-refractivity contribution in [2.45, 2.75) is 57.7 Å². The van der Waals surface area contributed by atoms with Gasteiger partial charge in [-0.15, -0.1) is 0 Å². The molecule has 1 N–H and O–H groups in total. The van der Waals surface area contributed by atoms with Crippen molar-refractivity contribution in [3.8, 4) is 11.5 Å². The number of fused-ring (bicyclic) bond motifs is 3. The molecule has 184 valence electrons. The number of aromatic nitrogens is 3. The molecule has 7 heteroatoms.